The molecule has 4 heteroatoms. The van der Waals surface area contributed by atoms with Crippen LogP contribution in [0.5, 0.6) is 11.5 Å². The van der Waals surface area contributed by atoms with E-state index in [9.17, 15) is 4.79 Å². The van der Waals surface area contributed by atoms with Crippen molar-refractivity contribution in [1.82, 2.24) is 0 Å². The number of methoxy groups -OCH3 is 2. The Bertz CT molecular complexity index is 607. The number of ether oxygens (including phenoxy) is 3. The van der Waals surface area contributed by atoms with Crippen molar-refractivity contribution < 1.29 is 19.0 Å². The van der Waals surface area contributed by atoms with Crippen LogP contribution in [0.4, 0.5) is 0 Å². The summed E-state index contributed by atoms with van der Waals surface area (Å²) in [5.41, 5.74) is 1.87. The number of hydrogen-bond acceptors (Lipinski definition) is 4. The van der Waals surface area contributed by atoms with Gasteiger partial charge in [-0.25, -0.2) is 0 Å². The molecule has 2 aromatic carbocycles. The highest BCUT2D eigenvalue weighted by atomic mass is 16.5. The Morgan fingerprint density at radius 3 is 2.38 bits per heavy atom. The van der Waals surface area contributed by atoms with E-state index in [0.717, 1.165) is 22.6 Å². The molecule has 0 saturated carbocycles. The average molecular weight is 286 g/mol. The van der Waals surface area contributed by atoms with Crippen LogP contribution in [0.15, 0.2) is 48.5 Å². The van der Waals surface area contributed by atoms with Crippen molar-refractivity contribution in [3.05, 3.63) is 59.7 Å². The molecule has 0 amide bonds. The number of hydrogen-bond donors (Lipinski definition) is 0. The lowest BCUT2D eigenvalue weighted by Crippen LogP contribution is -2.08. The van der Waals surface area contributed by atoms with Crippen molar-refractivity contribution in [3.8, 4) is 11.5 Å². The van der Waals surface area contributed by atoms with Crippen LogP contribution >= 0.6 is 0 Å². The topological polar surface area (TPSA) is 44.8 Å². The molecule has 2 aromatic rings. The van der Waals surface area contributed by atoms with Crippen LogP contribution < -0.4 is 9.47 Å². The Morgan fingerprint density at radius 1 is 0.952 bits per heavy atom. The predicted octanol–water partition coefficient (Wildman–Crippen LogP) is 2.99. The summed E-state index contributed by atoms with van der Waals surface area (Å²) in [7, 11) is 3.00. The first kappa shape index (κ1) is 14.9. The lowest BCUT2D eigenvalue weighted by molar-refractivity contribution is -0.139. The first-order valence-electron chi connectivity index (χ1n) is 6.63. The van der Waals surface area contributed by atoms with E-state index in [2.05, 4.69) is 0 Å². The van der Waals surface area contributed by atoms with Gasteiger partial charge in [-0.05, 0) is 23.3 Å². The van der Waals surface area contributed by atoms with E-state index < -0.39 is 0 Å². The average Bonchev–Trinajstić information content (AvgIpc) is 2.54. The molecule has 0 heterocycles. The fourth-order valence-electron chi connectivity index (χ4n) is 1.95. The number of carbonyl (C=O) groups is 1. The summed E-state index contributed by atoms with van der Waals surface area (Å²) < 4.78 is 15.6. The van der Waals surface area contributed by atoms with E-state index in [1.54, 1.807) is 7.11 Å². The molecule has 110 valence electrons. The van der Waals surface area contributed by atoms with Crippen molar-refractivity contribution in [1.29, 1.82) is 0 Å². The molecule has 21 heavy (non-hydrogen) atoms. The third kappa shape index (κ3) is 4.24. The molecule has 0 aromatic heterocycles. The van der Waals surface area contributed by atoms with E-state index in [1.165, 1.54) is 7.11 Å². The third-order valence-corrected chi connectivity index (χ3v) is 3.12. The van der Waals surface area contributed by atoms with Crippen LogP contribution in [0.2, 0.25) is 0 Å². The maximum Gasteiger partial charge on any atom is 0.309 e. The highest BCUT2D eigenvalue weighted by Crippen LogP contribution is 2.21. The minimum atomic E-state index is -0.260. The van der Waals surface area contributed by atoms with E-state index >= 15 is 0 Å². The molecule has 4 nitrogen and oxygen atoms in total. The molecule has 0 aliphatic carbocycles. The standard InChI is InChI=1S/C17H18O4/c1-19-15-8-5-9-16(11-15)21-12-14-7-4-3-6-13(14)10-17(18)20-2/h3-9,11H,10,12H2,1-2H3. The second-order valence-electron chi connectivity index (χ2n) is 4.49. The van der Waals surface area contributed by atoms with Gasteiger partial charge in [0.05, 0.1) is 20.6 Å². The largest absolute Gasteiger partial charge is 0.497 e. The van der Waals surface area contributed by atoms with Crippen LogP contribution in [-0.2, 0) is 22.6 Å². The van der Waals surface area contributed by atoms with Crippen LogP contribution in [0.1, 0.15) is 11.1 Å². The van der Waals surface area contributed by atoms with Crippen molar-refractivity contribution in [3.63, 3.8) is 0 Å². The summed E-state index contributed by atoms with van der Waals surface area (Å²) in [5, 5.41) is 0. The van der Waals surface area contributed by atoms with Gasteiger partial charge in [0, 0.05) is 6.07 Å². The smallest absolute Gasteiger partial charge is 0.309 e. The van der Waals surface area contributed by atoms with E-state index in [4.69, 9.17) is 14.2 Å². The maximum absolute atomic E-state index is 11.4. The maximum atomic E-state index is 11.4. The minimum Gasteiger partial charge on any atom is -0.497 e. The monoisotopic (exact) mass is 286 g/mol. The molecule has 0 atom stereocenters. The van der Waals surface area contributed by atoms with Crippen LogP contribution in [-0.4, -0.2) is 20.2 Å². The van der Waals surface area contributed by atoms with Gasteiger partial charge in [-0.1, -0.05) is 30.3 Å². The highest BCUT2D eigenvalue weighted by molar-refractivity contribution is 5.72. The van der Waals surface area contributed by atoms with E-state index in [-0.39, 0.29) is 12.4 Å². The van der Waals surface area contributed by atoms with Gasteiger partial charge >= 0.3 is 5.97 Å². The molecule has 0 spiro atoms. The second kappa shape index (κ2) is 7.33. The first-order valence-corrected chi connectivity index (χ1v) is 6.63. The van der Waals surface area contributed by atoms with Crippen molar-refractivity contribution in [2.45, 2.75) is 13.0 Å². The summed E-state index contributed by atoms with van der Waals surface area (Å²) in [5.74, 6) is 1.21. The minimum absolute atomic E-state index is 0.244. The van der Waals surface area contributed by atoms with Crippen LogP contribution in [0.3, 0.4) is 0 Å². The zero-order chi connectivity index (χ0) is 15.1. The van der Waals surface area contributed by atoms with Crippen molar-refractivity contribution >= 4 is 5.97 Å². The Hall–Kier alpha value is -2.49. The second-order valence-corrected chi connectivity index (χ2v) is 4.49. The quantitative estimate of drug-likeness (QED) is 0.766. The molecular weight excluding hydrogens is 268 g/mol. The number of esters is 1. The fourth-order valence-corrected chi connectivity index (χ4v) is 1.95. The zero-order valence-corrected chi connectivity index (χ0v) is 12.2. The Balaban J connectivity index is 2.07. The van der Waals surface area contributed by atoms with E-state index in [0.29, 0.717) is 6.61 Å². The number of benzene rings is 2. The van der Waals surface area contributed by atoms with Gasteiger partial charge in [-0.3, -0.25) is 4.79 Å². The van der Waals surface area contributed by atoms with Crippen molar-refractivity contribution in [2.75, 3.05) is 14.2 Å². The molecule has 0 radical (unpaired) electrons. The van der Waals surface area contributed by atoms with Crippen molar-refractivity contribution in [2.24, 2.45) is 0 Å². The van der Waals surface area contributed by atoms with Gasteiger partial charge in [0.25, 0.3) is 0 Å². The third-order valence-electron chi connectivity index (χ3n) is 3.12. The fraction of sp³-hybridized carbons (Fsp3) is 0.235. The van der Waals surface area contributed by atoms with Gasteiger partial charge in [0.1, 0.15) is 18.1 Å². The SMILES string of the molecule is COC(=O)Cc1ccccc1COc1cccc(OC)c1. The number of carbonyl (C=O) groups excluding carboxylic acids is 1. The summed E-state index contributed by atoms with van der Waals surface area (Å²) in [6.45, 7) is 0.389. The zero-order valence-electron chi connectivity index (χ0n) is 12.2. The molecule has 0 bridgehead atoms. The molecule has 0 aliphatic rings. The van der Waals surface area contributed by atoms with Gasteiger partial charge in [-0.2, -0.15) is 0 Å². The van der Waals surface area contributed by atoms with Gasteiger partial charge in [0.2, 0.25) is 0 Å². The normalized spacial score (nSPS) is 10.0. The summed E-state index contributed by atoms with van der Waals surface area (Å²) in [6.07, 6.45) is 0.244. The molecule has 0 unspecified atom stereocenters. The Labute approximate surface area is 124 Å². The van der Waals surface area contributed by atoms with Gasteiger partial charge < -0.3 is 14.2 Å². The molecule has 0 aliphatic heterocycles. The Morgan fingerprint density at radius 2 is 1.67 bits per heavy atom. The highest BCUT2D eigenvalue weighted by Gasteiger charge is 2.08. The predicted molar refractivity (Wildman–Crippen MR) is 79.5 cm³/mol. The molecule has 0 fully saturated rings. The summed E-state index contributed by atoms with van der Waals surface area (Å²) in [6, 6.07) is 15.1. The molecule has 0 saturated heterocycles. The van der Waals surface area contributed by atoms with E-state index in [1.807, 2.05) is 48.5 Å². The summed E-state index contributed by atoms with van der Waals surface area (Å²) >= 11 is 0. The van der Waals surface area contributed by atoms with Gasteiger partial charge in [-0.15, -0.1) is 0 Å². The molecule has 0 N–H and O–H groups in total. The Kier molecular flexibility index (Phi) is 5.21. The summed E-state index contributed by atoms with van der Waals surface area (Å²) in [4.78, 5) is 11.4. The molecular formula is C17H18O4. The lowest BCUT2D eigenvalue weighted by atomic mass is 10.1. The lowest BCUT2D eigenvalue weighted by Gasteiger charge is -2.11. The van der Waals surface area contributed by atoms with Crippen LogP contribution in [0.25, 0.3) is 0 Å². The first-order chi connectivity index (χ1) is 10.2. The number of rotatable bonds is 6. The molecule has 2 rings (SSSR count). The van der Waals surface area contributed by atoms with Gasteiger partial charge in [0.15, 0.2) is 0 Å². The van der Waals surface area contributed by atoms with Crippen LogP contribution in [0, 0.1) is 0 Å².